The first-order valence-electron chi connectivity index (χ1n) is 8.60. The molecule has 0 spiro atoms. The van der Waals surface area contributed by atoms with Crippen LogP contribution in [0.1, 0.15) is 44.9 Å². The molecule has 5 nitrogen and oxygen atoms in total. The molecule has 22 heavy (non-hydrogen) atoms. The van der Waals surface area contributed by atoms with Crippen LogP contribution in [-0.4, -0.2) is 44.0 Å². The number of nitrogens with one attached hydrogen (secondary N) is 1. The predicted octanol–water partition coefficient (Wildman–Crippen LogP) is 1.35. The smallest absolute Gasteiger partial charge is 0.226 e. The van der Waals surface area contributed by atoms with Gasteiger partial charge in [-0.2, -0.15) is 0 Å². The topological polar surface area (TPSA) is 66.5 Å². The number of carbonyl (C=O) groups excluding carboxylic acids is 1. The highest BCUT2D eigenvalue weighted by atomic mass is 32.2. The van der Waals surface area contributed by atoms with Gasteiger partial charge >= 0.3 is 0 Å². The van der Waals surface area contributed by atoms with E-state index in [1.54, 1.807) is 0 Å². The third-order valence-electron chi connectivity index (χ3n) is 6.48. The van der Waals surface area contributed by atoms with Gasteiger partial charge in [-0.3, -0.25) is 4.79 Å². The number of sulfonamides is 1. The van der Waals surface area contributed by atoms with Crippen molar-refractivity contribution in [1.82, 2.24) is 9.62 Å². The van der Waals surface area contributed by atoms with Crippen molar-refractivity contribution in [3.63, 3.8) is 0 Å². The predicted molar refractivity (Wildman–Crippen MR) is 83.6 cm³/mol. The Hall–Kier alpha value is -0.620. The van der Waals surface area contributed by atoms with E-state index in [1.165, 1.54) is 29.8 Å². The molecular formula is C16H26N2O3S. The fourth-order valence-electron chi connectivity index (χ4n) is 5.87. The molecule has 1 heterocycles. The first-order chi connectivity index (χ1) is 10.3. The molecule has 1 atom stereocenters. The SMILES string of the molecule is CS(=O)(=O)N1CCC(NC(=O)C23CC4CC(CC(C4)C2)C3)C1. The molecule has 1 N–H and O–H groups in total. The van der Waals surface area contributed by atoms with Crippen molar-refractivity contribution in [2.45, 2.75) is 51.0 Å². The third-order valence-corrected chi connectivity index (χ3v) is 7.74. The quantitative estimate of drug-likeness (QED) is 0.851. The van der Waals surface area contributed by atoms with Crippen molar-refractivity contribution in [3.05, 3.63) is 0 Å². The maximum absolute atomic E-state index is 12.9. The van der Waals surface area contributed by atoms with E-state index in [2.05, 4.69) is 5.32 Å². The number of hydrogen-bond acceptors (Lipinski definition) is 3. The second-order valence-electron chi connectivity index (χ2n) is 8.28. The van der Waals surface area contributed by atoms with Gasteiger partial charge in [0, 0.05) is 24.5 Å². The van der Waals surface area contributed by atoms with E-state index in [-0.39, 0.29) is 17.4 Å². The molecular weight excluding hydrogens is 300 g/mol. The molecule has 1 amide bonds. The zero-order valence-electron chi connectivity index (χ0n) is 13.3. The fourth-order valence-corrected chi connectivity index (χ4v) is 6.76. The molecule has 124 valence electrons. The van der Waals surface area contributed by atoms with E-state index < -0.39 is 10.0 Å². The molecule has 1 aliphatic heterocycles. The summed E-state index contributed by atoms with van der Waals surface area (Å²) in [7, 11) is -3.13. The molecule has 5 rings (SSSR count). The molecule has 1 unspecified atom stereocenters. The van der Waals surface area contributed by atoms with Gasteiger partial charge in [0.1, 0.15) is 0 Å². The van der Waals surface area contributed by atoms with Crippen LogP contribution in [0.4, 0.5) is 0 Å². The monoisotopic (exact) mass is 326 g/mol. The highest BCUT2D eigenvalue weighted by molar-refractivity contribution is 7.88. The van der Waals surface area contributed by atoms with Gasteiger partial charge in [-0.05, 0) is 62.7 Å². The second-order valence-corrected chi connectivity index (χ2v) is 10.3. The van der Waals surface area contributed by atoms with Gasteiger partial charge in [0.15, 0.2) is 0 Å². The van der Waals surface area contributed by atoms with Crippen LogP contribution in [0.5, 0.6) is 0 Å². The Morgan fingerprint density at radius 3 is 2.09 bits per heavy atom. The number of rotatable bonds is 3. The van der Waals surface area contributed by atoms with Crippen molar-refractivity contribution in [2.75, 3.05) is 19.3 Å². The molecule has 4 aliphatic carbocycles. The zero-order valence-corrected chi connectivity index (χ0v) is 14.1. The maximum atomic E-state index is 12.9. The van der Waals surface area contributed by atoms with E-state index in [9.17, 15) is 13.2 Å². The maximum Gasteiger partial charge on any atom is 0.226 e. The summed E-state index contributed by atoms with van der Waals surface area (Å²) in [5, 5.41) is 3.19. The van der Waals surface area contributed by atoms with Crippen molar-refractivity contribution in [3.8, 4) is 0 Å². The van der Waals surface area contributed by atoms with Crippen molar-refractivity contribution >= 4 is 15.9 Å². The van der Waals surface area contributed by atoms with Gasteiger partial charge in [0.05, 0.1) is 6.26 Å². The third kappa shape index (κ3) is 2.48. The summed E-state index contributed by atoms with van der Waals surface area (Å²) in [4.78, 5) is 12.9. The summed E-state index contributed by atoms with van der Waals surface area (Å²) in [5.74, 6) is 2.49. The van der Waals surface area contributed by atoms with E-state index in [0.29, 0.717) is 13.1 Å². The standard InChI is InChI=1S/C16H26N2O3S/c1-22(20,21)18-3-2-14(10-18)17-15(19)16-7-11-4-12(8-16)6-13(5-11)9-16/h11-14H,2-10H2,1H3,(H,17,19). The number of amides is 1. The van der Waals surface area contributed by atoms with Gasteiger partial charge in [-0.15, -0.1) is 0 Å². The molecule has 0 radical (unpaired) electrons. The Morgan fingerprint density at radius 2 is 1.64 bits per heavy atom. The molecule has 0 aromatic heterocycles. The van der Waals surface area contributed by atoms with Gasteiger partial charge in [0.25, 0.3) is 0 Å². The minimum atomic E-state index is -3.13. The Labute approximate surface area is 132 Å². The molecule has 6 heteroatoms. The number of hydrogen-bond donors (Lipinski definition) is 1. The van der Waals surface area contributed by atoms with Gasteiger partial charge in [0.2, 0.25) is 15.9 Å². The van der Waals surface area contributed by atoms with Crippen LogP contribution in [0.25, 0.3) is 0 Å². The number of nitrogens with zero attached hydrogens (tertiary/aromatic N) is 1. The highest BCUT2D eigenvalue weighted by Gasteiger charge is 2.54. The minimum absolute atomic E-state index is 0.00442. The van der Waals surface area contributed by atoms with Crippen molar-refractivity contribution in [1.29, 1.82) is 0 Å². The Morgan fingerprint density at radius 1 is 1.09 bits per heavy atom. The van der Waals surface area contributed by atoms with Crippen molar-refractivity contribution in [2.24, 2.45) is 23.2 Å². The van der Waals surface area contributed by atoms with Crippen LogP contribution in [0.2, 0.25) is 0 Å². The van der Waals surface area contributed by atoms with Crippen LogP contribution in [0.15, 0.2) is 0 Å². The van der Waals surface area contributed by atoms with Crippen LogP contribution in [-0.2, 0) is 14.8 Å². The van der Waals surface area contributed by atoms with E-state index >= 15 is 0 Å². The lowest BCUT2D eigenvalue weighted by molar-refractivity contribution is -0.146. The second kappa shape index (κ2) is 4.94. The first-order valence-corrected chi connectivity index (χ1v) is 10.4. The van der Waals surface area contributed by atoms with Gasteiger partial charge in [-0.25, -0.2) is 12.7 Å². The molecule has 1 saturated heterocycles. The average molecular weight is 326 g/mol. The van der Waals surface area contributed by atoms with E-state index in [1.807, 2.05) is 0 Å². The van der Waals surface area contributed by atoms with Crippen LogP contribution in [0.3, 0.4) is 0 Å². The normalized spacial score (nSPS) is 44.4. The molecule has 5 aliphatic rings. The average Bonchev–Trinajstić information content (AvgIpc) is 2.85. The Kier molecular flexibility index (Phi) is 3.35. The van der Waals surface area contributed by atoms with E-state index in [0.717, 1.165) is 43.4 Å². The lowest BCUT2D eigenvalue weighted by Crippen LogP contribution is -2.55. The van der Waals surface area contributed by atoms with Gasteiger partial charge < -0.3 is 5.32 Å². The number of carbonyl (C=O) groups is 1. The minimum Gasteiger partial charge on any atom is -0.352 e. The van der Waals surface area contributed by atoms with Crippen LogP contribution < -0.4 is 5.32 Å². The summed E-state index contributed by atoms with van der Waals surface area (Å²) >= 11 is 0. The van der Waals surface area contributed by atoms with Crippen LogP contribution in [0, 0.1) is 23.2 Å². The fraction of sp³-hybridized carbons (Fsp3) is 0.938. The van der Waals surface area contributed by atoms with Gasteiger partial charge in [-0.1, -0.05) is 0 Å². The summed E-state index contributed by atoms with van der Waals surface area (Å²) in [5.41, 5.74) is -0.132. The summed E-state index contributed by atoms with van der Waals surface area (Å²) in [6.45, 7) is 0.974. The van der Waals surface area contributed by atoms with Crippen molar-refractivity contribution < 1.29 is 13.2 Å². The van der Waals surface area contributed by atoms with Crippen LogP contribution >= 0.6 is 0 Å². The lowest BCUT2D eigenvalue weighted by atomic mass is 9.49. The molecule has 4 saturated carbocycles. The van der Waals surface area contributed by atoms with E-state index in [4.69, 9.17) is 0 Å². The Balaban J connectivity index is 1.43. The molecule has 0 aromatic rings. The highest BCUT2D eigenvalue weighted by Crippen LogP contribution is 2.60. The molecule has 0 aromatic carbocycles. The first kappa shape index (κ1) is 14.9. The molecule has 5 fully saturated rings. The summed E-state index contributed by atoms with van der Waals surface area (Å²) in [6.07, 6.45) is 9.17. The largest absolute Gasteiger partial charge is 0.352 e. The Bertz CT molecular complexity index is 551. The molecule has 4 bridgehead atoms. The lowest BCUT2D eigenvalue weighted by Gasteiger charge is -2.55. The summed E-state index contributed by atoms with van der Waals surface area (Å²) < 4.78 is 24.7. The zero-order chi connectivity index (χ0) is 15.5. The summed E-state index contributed by atoms with van der Waals surface area (Å²) in [6, 6.07) is -0.00442.